The molecule has 3 aromatic carbocycles. The van der Waals surface area contributed by atoms with E-state index >= 15 is 0 Å². The van der Waals surface area contributed by atoms with Crippen molar-refractivity contribution in [3.63, 3.8) is 0 Å². The molecule has 1 N–H and O–H groups in total. The highest BCUT2D eigenvalue weighted by atomic mass is 19.1. The number of nitrogens with zero attached hydrogens (tertiary/aromatic N) is 3. The molecule has 0 atom stereocenters. The van der Waals surface area contributed by atoms with Gasteiger partial charge in [-0.15, -0.1) is 0 Å². The Morgan fingerprint density at radius 2 is 1.77 bits per heavy atom. The van der Waals surface area contributed by atoms with Gasteiger partial charge in [0.05, 0.1) is 31.3 Å². The number of aromatic nitrogens is 2. The van der Waals surface area contributed by atoms with Crippen molar-refractivity contribution in [1.82, 2.24) is 9.55 Å². The zero-order chi connectivity index (χ0) is 27.5. The molecule has 0 fully saturated rings. The molecule has 0 saturated carbocycles. The first-order valence-corrected chi connectivity index (χ1v) is 12.4. The summed E-state index contributed by atoms with van der Waals surface area (Å²) in [5.74, 6) is 0.707. The van der Waals surface area contributed by atoms with Crippen molar-refractivity contribution in [2.45, 2.75) is 20.1 Å². The number of ether oxygens (including phenoxy) is 3. The van der Waals surface area contributed by atoms with Gasteiger partial charge >= 0.3 is 6.09 Å². The molecule has 200 valence electrons. The van der Waals surface area contributed by atoms with E-state index in [-0.39, 0.29) is 31.5 Å². The van der Waals surface area contributed by atoms with E-state index in [0.29, 0.717) is 33.1 Å². The zero-order valence-corrected chi connectivity index (χ0v) is 21.8. The number of pyridine rings is 1. The topological polar surface area (TPSA) is 86.1 Å². The number of methoxy groups -OCH3 is 1. The van der Waals surface area contributed by atoms with Crippen LogP contribution < -0.4 is 14.4 Å². The van der Waals surface area contributed by atoms with Gasteiger partial charge in [0.25, 0.3) is 0 Å². The fourth-order valence-corrected chi connectivity index (χ4v) is 4.59. The summed E-state index contributed by atoms with van der Waals surface area (Å²) < 4.78 is 32.0. The van der Waals surface area contributed by atoms with Gasteiger partial charge in [-0.05, 0) is 54.4 Å². The van der Waals surface area contributed by atoms with E-state index in [2.05, 4.69) is 4.98 Å². The van der Waals surface area contributed by atoms with E-state index < -0.39 is 6.09 Å². The molecule has 0 aliphatic carbocycles. The summed E-state index contributed by atoms with van der Waals surface area (Å²) in [4.78, 5) is 18.8. The Bertz CT molecular complexity index is 1630. The Morgan fingerprint density at radius 3 is 2.46 bits per heavy atom. The van der Waals surface area contributed by atoms with Crippen molar-refractivity contribution >= 4 is 33.5 Å². The molecule has 8 nitrogen and oxygen atoms in total. The van der Waals surface area contributed by atoms with Crippen LogP contribution in [-0.2, 0) is 17.9 Å². The molecule has 0 spiro atoms. The summed E-state index contributed by atoms with van der Waals surface area (Å²) in [7, 11) is 3.22. The number of benzene rings is 3. The first-order chi connectivity index (χ1) is 18.9. The van der Waals surface area contributed by atoms with Crippen LogP contribution in [0.5, 0.6) is 17.4 Å². The number of carbonyl (C=O) groups excluding carboxylic acids is 1. The second-order valence-corrected chi connectivity index (χ2v) is 8.97. The Morgan fingerprint density at radius 1 is 1.05 bits per heavy atom. The van der Waals surface area contributed by atoms with Gasteiger partial charge in [-0.1, -0.05) is 24.3 Å². The predicted molar refractivity (Wildman–Crippen MR) is 147 cm³/mol. The maximum Gasteiger partial charge on any atom is 0.414 e. The molecule has 9 heteroatoms. The summed E-state index contributed by atoms with van der Waals surface area (Å²) in [5.41, 5.74) is 2.69. The first kappa shape index (κ1) is 25.8. The third kappa shape index (κ3) is 5.03. The van der Waals surface area contributed by atoms with Gasteiger partial charge in [-0.2, -0.15) is 0 Å². The lowest BCUT2D eigenvalue weighted by molar-refractivity contribution is 0.161. The smallest absolute Gasteiger partial charge is 0.414 e. The number of halogens is 1. The molecule has 0 unspecified atom stereocenters. The molecule has 0 saturated heterocycles. The number of amides is 1. The summed E-state index contributed by atoms with van der Waals surface area (Å²) in [6, 6.07) is 17.2. The standard InChI is InChI=1S/C30H28FN3O5/c1-4-38-30(36)33(2)27-23-6-5-15-32-26(23)28(39-18-20-9-13-22(37-3)14-10-20)25-24(27)17-34(29(25)35)16-19-7-11-21(31)12-8-19/h5-15,17,35H,4,16,18H2,1-3H3. The maximum atomic E-state index is 13.5. The van der Waals surface area contributed by atoms with E-state index in [9.17, 15) is 14.3 Å². The lowest BCUT2D eigenvalue weighted by atomic mass is 10.1. The van der Waals surface area contributed by atoms with Gasteiger partial charge in [0.1, 0.15) is 23.7 Å². The van der Waals surface area contributed by atoms with Crippen molar-refractivity contribution in [3.05, 3.63) is 90.0 Å². The number of carbonyl (C=O) groups is 1. The summed E-state index contributed by atoms with van der Waals surface area (Å²) in [6.07, 6.45) is 2.85. The minimum Gasteiger partial charge on any atom is -0.497 e. The third-order valence-electron chi connectivity index (χ3n) is 6.50. The van der Waals surface area contributed by atoms with Crippen LogP contribution in [0, 0.1) is 5.82 Å². The third-order valence-corrected chi connectivity index (χ3v) is 6.50. The quantitative estimate of drug-likeness (QED) is 0.255. The number of anilines is 1. The van der Waals surface area contributed by atoms with Gasteiger partial charge in [-0.3, -0.25) is 9.88 Å². The molecule has 0 radical (unpaired) electrons. The lowest BCUT2D eigenvalue weighted by Gasteiger charge is -2.21. The van der Waals surface area contributed by atoms with Gasteiger partial charge < -0.3 is 23.9 Å². The highest BCUT2D eigenvalue weighted by molar-refractivity contribution is 6.19. The molecule has 0 bridgehead atoms. The maximum absolute atomic E-state index is 13.5. The predicted octanol–water partition coefficient (Wildman–Crippen LogP) is 6.26. The molecule has 2 heterocycles. The molecule has 0 aliphatic heterocycles. The van der Waals surface area contributed by atoms with E-state index in [1.54, 1.807) is 56.2 Å². The van der Waals surface area contributed by atoms with Gasteiger partial charge in [-0.25, -0.2) is 9.18 Å². The van der Waals surface area contributed by atoms with Gasteiger partial charge in [0.2, 0.25) is 5.88 Å². The fraction of sp³-hybridized carbons (Fsp3) is 0.200. The molecule has 0 aliphatic rings. The van der Waals surface area contributed by atoms with Crippen molar-refractivity contribution in [1.29, 1.82) is 0 Å². The minimum absolute atomic E-state index is 0.0647. The highest BCUT2D eigenvalue weighted by Gasteiger charge is 2.27. The van der Waals surface area contributed by atoms with Gasteiger partial charge in [0, 0.05) is 30.2 Å². The minimum atomic E-state index is -0.540. The fourth-order valence-electron chi connectivity index (χ4n) is 4.59. The van der Waals surface area contributed by atoms with Crippen LogP contribution in [0.1, 0.15) is 18.1 Å². The zero-order valence-electron chi connectivity index (χ0n) is 21.8. The van der Waals surface area contributed by atoms with Crippen LogP contribution in [0.2, 0.25) is 0 Å². The molecule has 1 amide bonds. The molecule has 39 heavy (non-hydrogen) atoms. The molecule has 2 aromatic heterocycles. The normalized spacial score (nSPS) is 11.1. The monoisotopic (exact) mass is 529 g/mol. The molecular weight excluding hydrogens is 501 g/mol. The number of rotatable bonds is 8. The van der Waals surface area contributed by atoms with E-state index in [1.807, 2.05) is 30.3 Å². The Labute approximate surface area is 224 Å². The largest absolute Gasteiger partial charge is 0.497 e. The summed E-state index contributed by atoms with van der Waals surface area (Å²) in [6.45, 7) is 2.43. The van der Waals surface area contributed by atoms with Crippen molar-refractivity contribution in [2.24, 2.45) is 0 Å². The highest BCUT2D eigenvalue weighted by Crippen LogP contribution is 2.47. The van der Waals surface area contributed by atoms with Crippen molar-refractivity contribution in [3.8, 4) is 17.4 Å². The Hall–Kier alpha value is -4.79. The SMILES string of the molecule is CCOC(=O)N(C)c1c2cccnc2c(OCc2ccc(OC)cc2)c2c(O)n(Cc3ccc(F)cc3)cc12. The second kappa shape index (κ2) is 10.9. The van der Waals surface area contributed by atoms with Crippen LogP contribution >= 0.6 is 0 Å². The number of hydrogen-bond acceptors (Lipinski definition) is 6. The number of hydrogen-bond donors (Lipinski definition) is 1. The summed E-state index contributed by atoms with van der Waals surface area (Å²) in [5, 5.41) is 13.1. The molecule has 5 rings (SSSR count). The van der Waals surface area contributed by atoms with E-state index in [0.717, 1.165) is 16.9 Å². The molecule has 5 aromatic rings. The Balaban J connectivity index is 1.69. The van der Waals surface area contributed by atoms with E-state index in [1.165, 1.54) is 17.0 Å². The van der Waals surface area contributed by atoms with Crippen LogP contribution in [0.25, 0.3) is 21.7 Å². The first-order valence-electron chi connectivity index (χ1n) is 12.4. The summed E-state index contributed by atoms with van der Waals surface area (Å²) >= 11 is 0. The van der Waals surface area contributed by atoms with Crippen LogP contribution in [0.4, 0.5) is 14.9 Å². The average molecular weight is 530 g/mol. The Kier molecular flexibility index (Phi) is 7.23. The lowest BCUT2D eigenvalue weighted by Crippen LogP contribution is -2.27. The van der Waals surface area contributed by atoms with Crippen molar-refractivity contribution < 1.29 is 28.5 Å². The number of aromatic hydroxyl groups is 1. The van der Waals surface area contributed by atoms with Crippen LogP contribution in [-0.4, -0.2) is 41.5 Å². The molecular formula is C30H28FN3O5. The van der Waals surface area contributed by atoms with Crippen LogP contribution in [0.3, 0.4) is 0 Å². The second-order valence-electron chi connectivity index (χ2n) is 8.97. The van der Waals surface area contributed by atoms with Crippen LogP contribution in [0.15, 0.2) is 73.1 Å². The average Bonchev–Trinajstić information content (AvgIpc) is 3.27. The van der Waals surface area contributed by atoms with Crippen molar-refractivity contribution in [2.75, 3.05) is 25.7 Å². The van der Waals surface area contributed by atoms with Gasteiger partial charge in [0.15, 0.2) is 5.75 Å². The van der Waals surface area contributed by atoms with E-state index in [4.69, 9.17) is 14.2 Å². The number of fused-ring (bicyclic) bond motifs is 2.